The number of hydrogen-bond acceptors (Lipinski definition) is 8. The number of benzene rings is 3. The van der Waals surface area contributed by atoms with Crippen molar-refractivity contribution in [3.8, 4) is 28.5 Å². The summed E-state index contributed by atoms with van der Waals surface area (Å²) in [7, 11) is 1.47. The van der Waals surface area contributed by atoms with Crippen molar-refractivity contribution < 1.29 is 36.8 Å². The van der Waals surface area contributed by atoms with Crippen LogP contribution < -0.4 is 14.8 Å². The number of halogens is 3. The summed E-state index contributed by atoms with van der Waals surface area (Å²) in [5.41, 5.74) is 0.0824. The predicted molar refractivity (Wildman–Crippen MR) is 164 cm³/mol. The van der Waals surface area contributed by atoms with Gasteiger partial charge in [-0.2, -0.15) is 18.3 Å². The second-order valence-corrected chi connectivity index (χ2v) is 11.0. The van der Waals surface area contributed by atoms with Gasteiger partial charge in [-0.15, -0.1) is 0 Å². The lowest BCUT2D eigenvalue weighted by Crippen LogP contribution is -2.16. The van der Waals surface area contributed by atoms with Crippen LogP contribution in [0.1, 0.15) is 40.3 Å². The predicted octanol–water partition coefficient (Wildman–Crippen LogP) is 8.00. The third-order valence-electron chi connectivity index (χ3n) is 7.86. The van der Waals surface area contributed by atoms with Crippen LogP contribution in [0, 0.1) is 10.1 Å². The van der Waals surface area contributed by atoms with Crippen LogP contribution in [0.25, 0.3) is 27.9 Å². The fourth-order valence-corrected chi connectivity index (χ4v) is 5.65. The molecule has 0 bridgehead atoms. The number of amides is 1. The summed E-state index contributed by atoms with van der Waals surface area (Å²) in [6.45, 7) is 0. The zero-order valence-corrected chi connectivity index (χ0v) is 24.6. The van der Waals surface area contributed by atoms with E-state index in [0.29, 0.717) is 21.6 Å². The lowest BCUT2D eigenvalue weighted by Gasteiger charge is -2.11. The van der Waals surface area contributed by atoms with E-state index in [0.717, 1.165) is 66.2 Å². The summed E-state index contributed by atoms with van der Waals surface area (Å²) < 4.78 is 59.9. The Kier molecular flexibility index (Phi) is 7.26. The van der Waals surface area contributed by atoms with Gasteiger partial charge in [0.25, 0.3) is 11.6 Å². The van der Waals surface area contributed by atoms with Crippen molar-refractivity contribution in [3.63, 3.8) is 0 Å². The number of nitrogens with one attached hydrogen (secondary N) is 1. The first-order valence-electron chi connectivity index (χ1n) is 14.5. The first-order valence-corrected chi connectivity index (χ1v) is 14.5. The van der Waals surface area contributed by atoms with Gasteiger partial charge in [-0.3, -0.25) is 14.9 Å². The molecule has 7 rings (SSSR count). The molecule has 0 saturated heterocycles. The molecule has 0 unspecified atom stereocenters. The number of non-ortho nitro benzene ring substituents is 1. The van der Waals surface area contributed by atoms with Gasteiger partial charge in [-0.05, 0) is 67.8 Å². The number of nitro groups is 1. The number of nitro benzene ring substituents is 1. The first kappa shape index (κ1) is 29.8. The van der Waals surface area contributed by atoms with Gasteiger partial charge in [-0.1, -0.05) is 0 Å². The molecule has 3 heterocycles. The van der Waals surface area contributed by atoms with Gasteiger partial charge in [0.1, 0.15) is 28.6 Å². The molecule has 1 amide bonds. The molecule has 0 fully saturated rings. The lowest BCUT2D eigenvalue weighted by molar-refractivity contribution is -0.384. The second-order valence-electron chi connectivity index (χ2n) is 11.0. The van der Waals surface area contributed by atoms with E-state index in [9.17, 15) is 28.1 Å². The number of aryl methyl sites for hydroxylation is 2. The molecule has 0 saturated carbocycles. The average Bonchev–Trinajstić information content (AvgIpc) is 3.65. The normalized spacial score (nSPS) is 13.0. The molecule has 238 valence electrons. The minimum atomic E-state index is -4.83. The maximum absolute atomic E-state index is 14.1. The Labute approximate surface area is 263 Å². The van der Waals surface area contributed by atoms with Crippen LogP contribution in [0.3, 0.4) is 0 Å². The Morgan fingerprint density at radius 2 is 1.74 bits per heavy atom. The number of nitrogens with zero attached hydrogens (tertiary/aromatic N) is 4. The molecule has 0 aliphatic heterocycles. The van der Waals surface area contributed by atoms with Crippen LogP contribution in [-0.2, 0) is 19.0 Å². The Bertz CT molecular complexity index is 2190. The summed E-state index contributed by atoms with van der Waals surface area (Å²) in [5.74, 6) is 1.02. The molecule has 6 aromatic rings. The molecule has 0 atom stereocenters. The third-order valence-corrected chi connectivity index (χ3v) is 7.86. The minimum absolute atomic E-state index is 0.00827. The SMILES string of the molecule is COc1ccc(-c2cc(C(F)(F)F)n3nc(C(=O)Nc4cc(Oc5ccc6oc7c(c6c5)CCCC7)cc([N+](=O)[O-])c4)cc3n2)cc1. The van der Waals surface area contributed by atoms with Gasteiger partial charge in [0.2, 0.25) is 0 Å². The Balaban J connectivity index is 1.19. The van der Waals surface area contributed by atoms with Gasteiger partial charge in [0, 0.05) is 41.1 Å². The third kappa shape index (κ3) is 5.80. The largest absolute Gasteiger partial charge is 0.497 e. The van der Waals surface area contributed by atoms with Crippen molar-refractivity contribution >= 4 is 33.9 Å². The molecule has 1 aliphatic carbocycles. The van der Waals surface area contributed by atoms with Crippen molar-refractivity contribution in [2.24, 2.45) is 0 Å². The van der Waals surface area contributed by atoms with Gasteiger partial charge in [0.05, 0.1) is 29.5 Å². The highest BCUT2D eigenvalue weighted by molar-refractivity contribution is 6.03. The highest BCUT2D eigenvalue weighted by Gasteiger charge is 2.36. The Hall–Kier alpha value is -5.92. The molecule has 14 heteroatoms. The van der Waals surface area contributed by atoms with Crippen LogP contribution >= 0.6 is 0 Å². The maximum Gasteiger partial charge on any atom is 0.433 e. The number of methoxy groups -OCH3 is 1. The van der Waals surface area contributed by atoms with Crippen LogP contribution in [-0.4, -0.2) is 32.5 Å². The Morgan fingerprint density at radius 1 is 0.979 bits per heavy atom. The van der Waals surface area contributed by atoms with E-state index in [2.05, 4.69) is 15.4 Å². The highest BCUT2D eigenvalue weighted by atomic mass is 19.4. The van der Waals surface area contributed by atoms with Crippen molar-refractivity contribution in [1.82, 2.24) is 14.6 Å². The number of ether oxygens (including phenoxy) is 2. The summed E-state index contributed by atoms with van der Waals surface area (Å²) in [5, 5.41) is 19.0. The molecule has 11 nitrogen and oxygen atoms in total. The fourth-order valence-electron chi connectivity index (χ4n) is 5.65. The molecule has 47 heavy (non-hydrogen) atoms. The quantitative estimate of drug-likeness (QED) is 0.137. The van der Waals surface area contributed by atoms with E-state index in [1.54, 1.807) is 36.4 Å². The topological polar surface area (TPSA) is 134 Å². The number of hydrogen-bond donors (Lipinski definition) is 1. The highest BCUT2D eigenvalue weighted by Crippen LogP contribution is 2.37. The maximum atomic E-state index is 14.1. The number of alkyl halides is 3. The van der Waals surface area contributed by atoms with Crippen LogP contribution in [0.15, 0.2) is 77.2 Å². The van der Waals surface area contributed by atoms with Crippen molar-refractivity contribution in [3.05, 3.63) is 106 Å². The molecule has 1 N–H and O–H groups in total. The molecule has 3 aromatic heterocycles. The standard InChI is InChI=1S/C33H24F3N5O6/c1-45-21-8-6-18(7-9-21)26-16-30(33(34,35)36)40-31(38-26)17-27(39-40)32(42)37-19-12-20(41(43)44)14-23(13-19)46-22-10-11-29-25(15-22)24-4-2-3-5-28(24)47-29/h6-17H,2-5H2,1H3,(H,37,42). The molecule has 3 aromatic carbocycles. The molecular weight excluding hydrogens is 619 g/mol. The molecular formula is C33H24F3N5O6. The van der Waals surface area contributed by atoms with Gasteiger partial charge < -0.3 is 19.2 Å². The monoisotopic (exact) mass is 643 g/mol. The van der Waals surface area contributed by atoms with Crippen LogP contribution in [0.4, 0.5) is 24.5 Å². The van der Waals surface area contributed by atoms with E-state index in [-0.39, 0.29) is 34.2 Å². The second kappa shape index (κ2) is 11.5. The van der Waals surface area contributed by atoms with Crippen LogP contribution in [0.5, 0.6) is 17.2 Å². The van der Waals surface area contributed by atoms with E-state index < -0.39 is 22.7 Å². The van der Waals surface area contributed by atoms with E-state index in [1.807, 2.05) is 6.07 Å². The average molecular weight is 644 g/mol. The lowest BCUT2D eigenvalue weighted by atomic mass is 9.96. The smallest absolute Gasteiger partial charge is 0.433 e. The van der Waals surface area contributed by atoms with E-state index in [1.165, 1.54) is 19.2 Å². The number of carbonyl (C=O) groups excluding carboxylic acids is 1. The van der Waals surface area contributed by atoms with Crippen LogP contribution in [0.2, 0.25) is 0 Å². The van der Waals surface area contributed by atoms with Gasteiger partial charge in [0.15, 0.2) is 17.0 Å². The number of furan rings is 1. The number of rotatable bonds is 7. The van der Waals surface area contributed by atoms with E-state index in [4.69, 9.17) is 13.9 Å². The zero-order chi connectivity index (χ0) is 32.9. The minimum Gasteiger partial charge on any atom is -0.497 e. The van der Waals surface area contributed by atoms with Crippen molar-refractivity contribution in [1.29, 1.82) is 0 Å². The van der Waals surface area contributed by atoms with Gasteiger partial charge >= 0.3 is 6.18 Å². The summed E-state index contributed by atoms with van der Waals surface area (Å²) in [6.07, 6.45) is -0.988. The number of fused-ring (bicyclic) bond motifs is 4. The fraction of sp³-hybridized carbons (Fsp3) is 0.182. The van der Waals surface area contributed by atoms with E-state index >= 15 is 0 Å². The Morgan fingerprint density at radius 3 is 2.49 bits per heavy atom. The zero-order valence-electron chi connectivity index (χ0n) is 24.6. The summed E-state index contributed by atoms with van der Waals surface area (Å²) in [6, 6.07) is 17.2. The summed E-state index contributed by atoms with van der Waals surface area (Å²) in [4.78, 5) is 28.6. The molecule has 0 radical (unpaired) electrons. The number of anilines is 1. The molecule has 0 spiro atoms. The summed E-state index contributed by atoms with van der Waals surface area (Å²) >= 11 is 0. The first-order chi connectivity index (χ1) is 22.6. The number of aromatic nitrogens is 3. The van der Waals surface area contributed by atoms with Gasteiger partial charge in [-0.25, -0.2) is 9.50 Å². The number of carbonyl (C=O) groups is 1. The molecule has 1 aliphatic rings. The van der Waals surface area contributed by atoms with Crippen molar-refractivity contribution in [2.75, 3.05) is 12.4 Å². The van der Waals surface area contributed by atoms with Crippen molar-refractivity contribution in [2.45, 2.75) is 31.9 Å².